The third kappa shape index (κ3) is 11.8. The summed E-state index contributed by atoms with van der Waals surface area (Å²) in [4.78, 5) is 29.7. The van der Waals surface area contributed by atoms with Crippen molar-refractivity contribution in [2.24, 2.45) is 0 Å². The number of hydrogen-bond donors (Lipinski definition) is 2. The topological polar surface area (TPSA) is 144 Å². The first-order chi connectivity index (χ1) is 47.7. The number of halogens is 2. The predicted octanol–water partition coefficient (Wildman–Crippen LogP) is 21.0. The van der Waals surface area contributed by atoms with Crippen LogP contribution < -0.4 is 5.46 Å². The highest BCUT2D eigenvalue weighted by molar-refractivity contribution is 6.62. The minimum Gasteiger partial charge on any atom is -0.455 e. The van der Waals surface area contributed by atoms with E-state index in [4.69, 9.17) is 72.0 Å². The maximum absolute atomic E-state index is 9.08. The van der Waals surface area contributed by atoms with Gasteiger partial charge in [-0.1, -0.05) is 296 Å². The van der Waals surface area contributed by atoms with Crippen LogP contribution >= 0.6 is 23.2 Å². The van der Waals surface area contributed by atoms with Crippen LogP contribution in [-0.4, -0.2) is 47.1 Å². The molecule has 4 aromatic heterocycles. The van der Waals surface area contributed by atoms with Crippen LogP contribution in [0.5, 0.6) is 0 Å². The van der Waals surface area contributed by atoms with Crippen LogP contribution in [0.25, 0.3) is 167 Å². The van der Waals surface area contributed by atoms with Crippen molar-refractivity contribution in [1.82, 2.24) is 29.9 Å². The normalized spacial score (nSPS) is 11.3. The van der Waals surface area contributed by atoms with Gasteiger partial charge in [0.2, 0.25) is 0 Å². The Morgan fingerprint density at radius 1 is 0.268 bits per heavy atom. The summed E-state index contributed by atoms with van der Waals surface area (Å²) in [5.41, 5.74) is 13.3. The van der Waals surface area contributed by atoms with Crippen molar-refractivity contribution in [1.29, 1.82) is 0 Å². The van der Waals surface area contributed by atoms with E-state index >= 15 is 0 Å². The smallest absolute Gasteiger partial charge is 0.455 e. The first kappa shape index (κ1) is 60.0. The Morgan fingerprint density at radius 2 is 0.629 bits per heavy atom. The summed E-state index contributed by atoms with van der Waals surface area (Å²) >= 11 is 12.7. The van der Waals surface area contributed by atoms with Gasteiger partial charge in [0.1, 0.15) is 16.7 Å². The fraction of sp³-hybridized carbons (Fsp3) is 0. The van der Waals surface area contributed by atoms with Gasteiger partial charge < -0.3 is 18.9 Å². The van der Waals surface area contributed by atoms with Crippen LogP contribution in [0.1, 0.15) is 0 Å². The molecule has 2 N–H and O–H groups in total. The number of aromatic nitrogens is 6. The fourth-order valence-electron chi connectivity index (χ4n) is 12.8. The molecule has 13 heteroatoms. The molecule has 0 spiro atoms. The molecule has 10 nitrogen and oxygen atoms in total. The van der Waals surface area contributed by atoms with Gasteiger partial charge >= 0.3 is 7.12 Å². The Hall–Kier alpha value is -12.0. The first-order valence-electron chi connectivity index (χ1n) is 31.6. The van der Waals surface area contributed by atoms with E-state index in [1.165, 1.54) is 27.1 Å². The van der Waals surface area contributed by atoms with Crippen LogP contribution in [0.15, 0.2) is 318 Å². The Morgan fingerprint density at radius 3 is 1.11 bits per heavy atom. The fourth-order valence-corrected chi connectivity index (χ4v) is 13.3. The summed E-state index contributed by atoms with van der Waals surface area (Å²) in [6.45, 7) is 0. The van der Waals surface area contributed by atoms with Crippen molar-refractivity contribution in [3.05, 3.63) is 319 Å². The van der Waals surface area contributed by atoms with Gasteiger partial charge in [0.15, 0.2) is 40.5 Å². The van der Waals surface area contributed by atoms with E-state index in [-0.39, 0.29) is 0 Å². The molecule has 0 unspecified atom stereocenters. The molecule has 4 heterocycles. The molecule has 460 valence electrons. The van der Waals surface area contributed by atoms with Crippen molar-refractivity contribution >= 4 is 112 Å². The molecule has 0 atom stereocenters. The molecule has 0 aliphatic heterocycles. The third-order valence-electron chi connectivity index (χ3n) is 17.3. The third-order valence-corrected chi connectivity index (χ3v) is 17.8. The average molecular weight is 1290 g/mol. The lowest BCUT2D eigenvalue weighted by Crippen LogP contribution is -2.30. The molecular formula is C84H53BCl2N6O4. The van der Waals surface area contributed by atoms with Gasteiger partial charge in [-0.15, -0.1) is 0 Å². The van der Waals surface area contributed by atoms with Crippen LogP contribution in [0, 0.1) is 0 Å². The minimum atomic E-state index is -1.40. The maximum atomic E-state index is 9.08. The van der Waals surface area contributed by atoms with Gasteiger partial charge in [-0.2, -0.15) is 0 Å². The zero-order chi connectivity index (χ0) is 65.3. The Labute approximate surface area is 567 Å². The molecule has 0 saturated carbocycles. The molecule has 18 aromatic rings. The Kier molecular flexibility index (Phi) is 16.1. The molecule has 0 radical (unpaired) electrons. The van der Waals surface area contributed by atoms with Crippen molar-refractivity contribution in [3.8, 4) is 90.6 Å². The first-order valence-corrected chi connectivity index (χ1v) is 32.3. The van der Waals surface area contributed by atoms with Gasteiger partial charge in [-0.3, -0.25) is 0 Å². The van der Waals surface area contributed by atoms with Crippen LogP contribution in [0.4, 0.5) is 0 Å². The second kappa shape index (κ2) is 26.1. The average Bonchev–Trinajstić information content (AvgIpc) is 1.65. The van der Waals surface area contributed by atoms with Crippen LogP contribution in [0.2, 0.25) is 10.0 Å². The van der Waals surface area contributed by atoms with Crippen LogP contribution in [-0.2, 0) is 0 Å². The molecule has 0 saturated heterocycles. The lowest BCUT2D eigenvalue weighted by molar-refractivity contribution is 0.426. The summed E-state index contributed by atoms with van der Waals surface area (Å²) in [6, 6.07) is 103. The number of hydrogen-bond acceptors (Lipinski definition) is 10. The molecule has 97 heavy (non-hydrogen) atoms. The number of rotatable bonds is 9. The molecule has 0 aliphatic carbocycles. The summed E-state index contributed by atoms with van der Waals surface area (Å²) in [5.74, 6) is 3.58. The molecule has 18 rings (SSSR count). The number of fused-ring (bicyclic) bond motifs is 9. The monoisotopic (exact) mass is 1290 g/mol. The van der Waals surface area contributed by atoms with Gasteiger partial charge in [-0.25, -0.2) is 29.9 Å². The highest BCUT2D eigenvalue weighted by atomic mass is 35.5. The Balaban J connectivity index is 0.000000136. The van der Waals surface area contributed by atoms with Crippen molar-refractivity contribution in [3.63, 3.8) is 0 Å². The van der Waals surface area contributed by atoms with Gasteiger partial charge in [0.05, 0.1) is 5.02 Å². The number of furan rings is 2. The molecule has 0 fully saturated rings. The lowest BCUT2D eigenvalue weighted by atomic mass is 9.77. The second-order valence-corrected chi connectivity index (χ2v) is 24.1. The highest BCUT2D eigenvalue weighted by Gasteiger charge is 2.24. The quantitative estimate of drug-likeness (QED) is 0.134. The van der Waals surface area contributed by atoms with E-state index in [1.54, 1.807) is 12.1 Å². The van der Waals surface area contributed by atoms with E-state index in [0.717, 1.165) is 93.6 Å². The minimum absolute atomic E-state index is 0.463. The largest absolute Gasteiger partial charge is 0.489 e. The molecule has 0 aliphatic rings. The van der Waals surface area contributed by atoms with E-state index < -0.39 is 7.12 Å². The summed E-state index contributed by atoms with van der Waals surface area (Å²) in [7, 11) is -1.40. The van der Waals surface area contributed by atoms with E-state index in [0.29, 0.717) is 61.6 Å². The van der Waals surface area contributed by atoms with Crippen LogP contribution in [0.3, 0.4) is 0 Å². The summed E-state index contributed by atoms with van der Waals surface area (Å²) in [5, 5.41) is 29.5. The van der Waals surface area contributed by atoms with E-state index in [2.05, 4.69) is 103 Å². The summed E-state index contributed by atoms with van der Waals surface area (Å²) < 4.78 is 13.0. The molecule has 14 aromatic carbocycles. The molecule has 0 bridgehead atoms. The van der Waals surface area contributed by atoms with Crippen molar-refractivity contribution < 1.29 is 18.9 Å². The summed E-state index contributed by atoms with van der Waals surface area (Å²) in [6.07, 6.45) is 0. The van der Waals surface area contributed by atoms with Crippen molar-refractivity contribution in [2.75, 3.05) is 0 Å². The predicted molar refractivity (Wildman–Crippen MR) is 397 cm³/mol. The highest BCUT2D eigenvalue weighted by Crippen LogP contribution is 2.46. The van der Waals surface area contributed by atoms with E-state index in [9.17, 15) is 0 Å². The van der Waals surface area contributed by atoms with Gasteiger partial charge in [-0.05, 0) is 90.9 Å². The van der Waals surface area contributed by atoms with E-state index in [1.807, 2.05) is 194 Å². The molecular weight excluding hydrogens is 1240 g/mol. The number of benzene rings is 14. The zero-order valence-corrected chi connectivity index (χ0v) is 53.2. The Bertz CT molecular complexity index is 5850. The van der Waals surface area contributed by atoms with Gasteiger partial charge in [0, 0.05) is 65.5 Å². The lowest BCUT2D eigenvalue weighted by Gasteiger charge is -2.13. The SMILES string of the molecule is Clc1cc(Cl)c2oc3cccc(-c4nc(-c5ccccc5)nc(-c5ccccc5)n4)c3c2c1.OB(O)c1cccc2ccccc12.c1ccc(-c2nc(-c3ccccc3)nc(-c3cccc4oc5c(-c6cccc7ccccc67)cc(-c6cccc7ccccc67)cc5c34)n2)cc1. The van der Waals surface area contributed by atoms with Gasteiger partial charge in [0.25, 0.3) is 0 Å². The standard InChI is InChI=1S/C47H29N3O.C27H15Cl2N3O.C10H9BO2/c1-3-16-32(17-4-1)45-48-46(33-18-5-2-6-19-33)50-47(49-45)39-26-13-27-42-43(39)41-29-34(37-24-11-20-30-14-7-9-22-35(30)37)28-40(44(41)51-42)38-25-12-21-31-15-8-10-23-36(31)38;28-18-14-20-23-19(12-7-13-22(23)33-24(20)21(29)15-18)27-31-25(16-8-3-1-4-9-16)30-26(32-27)17-10-5-2-6-11-17;12-11(13)10-7-3-5-8-4-1-2-6-9(8)10/h1-29H;1-15H;1-7,12-13H. The second-order valence-electron chi connectivity index (χ2n) is 23.3. The van der Waals surface area contributed by atoms with Crippen molar-refractivity contribution in [2.45, 2.75) is 0 Å². The molecule has 0 amide bonds. The maximum Gasteiger partial charge on any atom is 0.489 e. The number of nitrogens with zero attached hydrogens (tertiary/aromatic N) is 6. The zero-order valence-electron chi connectivity index (χ0n) is 51.7.